The van der Waals surface area contributed by atoms with Crippen molar-refractivity contribution in [1.29, 1.82) is 0 Å². The van der Waals surface area contributed by atoms with E-state index in [1.807, 2.05) is 31.2 Å². The summed E-state index contributed by atoms with van der Waals surface area (Å²) in [5.74, 6) is 0.170. The second-order valence-corrected chi connectivity index (χ2v) is 7.62. The molecule has 1 aromatic carbocycles. The Morgan fingerprint density at radius 1 is 1.07 bits per heavy atom. The van der Waals surface area contributed by atoms with Gasteiger partial charge in [0.2, 0.25) is 5.88 Å². The van der Waals surface area contributed by atoms with E-state index in [4.69, 9.17) is 15.5 Å². The lowest BCUT2D eigenvalue weighted by Gasteiger charge is -2.29. The summed E-state index contributed by atoms with van der Waals surface area (Å²) in [5, 5.41) is 0. The zero-order valence-corrected chi connectivity index (χ0v) is 16.7. The lowest BCUT2D eigenvalue weighted by atomic mass is 9.98. The fourth-order valence-corrected chi connectivity index (χ4v) is 3.67. The highest BCUT2D eigenvalue weighted by atomic mass is 19.1. The van der Waals surface area contributed by atoms with Crippen LogP contribution in [0.2, 0.25) is 0 Å². The van der Waals surface area contributed by atoms with Gasteiger partial charge in [0, 0.05) is 37.1 Å². The average Bonchev–Trinajstić information content (AvgIpc) is 2.73. The topological polar surface area (TPSA) is 64.3 Å². The highest BCUT2D eigenvalue weighted by Crippen LogP contribution is 2.33. The van der Waals surface area contributed by atoms with Gasteiger partial charge in [-0.25, -0.2) is 9.37 Å². The maximum atomic E-state index is 13.9. The number of benzene rings is 1. The highest BCUT2D eigenvalue weighted by Gasteiger charge is 2.20. The van der Waals surface area contributed by atoms with Crippen molar-refractivity contribution in [2.45, 2.75) is 25.9 Å². The Morgan fingerprint density at radius 3 is 2.52 bits per heavy atom. The number of nitrogens with two attached hydrogens (primary N) is 1. The van der Waals surface area contributed by atoms with Crippen LogP contribution in [0.1, 0.15) is 18.4 Å². The number of anilines is 1. The van der Waals surface area contributed by atoms with Gasteiger partial charge < -0.3 is 15.4 Å². The summed E-state index contributed by atoms with van der Waals surface area (Å²) in [7, 11) is 2.12. The van der Waals surface area contributed by atoms with Gasteiger partial charge in [-0.2, -0.15) is 0 Å². The molecule has 1 saturated heterocycles. The van der Waals surface area contributed by atoms with Gasteiger partial charge in [0.1, 0.15) is 11.9 Å². The van der Waals surface area contributed by atoms with Crippen LogP contribution in [0.15, 0.2) is 48.8 Å². The predicted molar refractivity (Wildman–Crippen MR) is 113 cm³/mol. The molecule has 0 amide bonds. The number of hydrogen-bond acceptors (Lipinski definition) is 5. The molecular weight excluding hydrogens is 367 g/mol. The molecule has 0 atom stereocenters. The number of halogens is 1. The molecule has 6 heteroatoms. The van der Waals surface area contributed by atoms with Gasteiger partial charge in [-0.05, 0) is 73.8 Å². The number of likely N-dealkylation sites (tertiary alicyclic amines) is 1. The van der Waals surface area contributed by atoms with Gasteiger partial charge in [-0.15, -0.1) is 0 Å². The normalized spacial score (nSPS) is 15.4. The maximum Gasteiger partial charge on any atom is 0.214 e. The molecule has 0 unspecified atom stereocenters. The van der Waals surface area contributed by atoms with Crippen LogP contribution in [0.25, 0.3) is 22.4 Å². The monoisotopic (exact) mass is 392 g/mol. The number of hydrogen-bond donors (Lipinski definition) is 1. The summed E-state index contributed by atoms with van der Waals surface area (Å²) in [6.45, 7) is 3.90. The van der Waals surface area contributed by atoms with Gasteiger partial charge in [0.25, 0.3) is 0 Å². The molecule has 3 heterocycles. The fourth-order valence-electron chi connectivity index (χ4n) is 3.67. The Labute approximate surface area is 170 Å². The molecule has 1 fully saturated rings. The van der Waals surface area contributed by atoms with Gasteiger partial charge in [-0.1, -0.05) is 0 Å². The van der Waals surface area contributed by atoms with Crippen LogP contribution in [-0.2, 0) is 0 Å². The van der Waals surface area contributed by atoms with E-state index in [1.165, 1.54) is 6.07 Å². The Hall–Kier alpha value is -2.99. The van der Waals surface area contributed by atoms with Crippen LogP contribution in [0.5, 0.6) is 5.88 Å². The molecule has 0 saturated carbocycles. The molecule has 4 rings (SSSR count). The van der Waals surface area contributed by atoms with Gasteiger partial charge in [-0.3, -0.25) is 4.98 Å². The van der Waals surface area contributed by atoms with E-state index < -0.39 is 5.82 Å². The second-order valence-electron chi connectivity index (χ2n) is 7.62. The van der Waals surface area contributed by atoms with E-state index in [1.54, 1.807) is 18.5 Å². The summed E-state index contributed by atoms with van der Waals surface area (Å²) >= 11 is 0. The summed E-state index contributed by atoms with van der Waals surface area (Å²) < 4.78 is 20.1. The maximum absolute atomic E-state index is 13.9. The summed E-state index contributed by atoms with van der Waals surface area (Å²) in [6, 6.07) is 10.9. The molecule has 29 heavy (non-hydrogen) atoms. The molecule has 0 aliphatic carbocycles. The van der Waals surface area contributed by atoms with Crippen molar-refractivity contribution in [3.8, 4) is 28.3 Å². The molecule has 3 aromatic rings. The van der Waals surface area contributed by atoms with E-state index in [9.17, 15) is 4.39 Å². The Bertz CT molecular complexity index is 1000. The van der Waals surface area contributed by atoms with Crippen LogP contribution in [0, 0.1) is 12.7 Å². The van der Waals surface area contributed by atoms with E-state index in [0.29, 0.717) is 5.88 Å². The van der Waals surface area contributed by atoms with Crippen LogP contribution >= 0.6 is 0 Å². The fraction of sp³-hybridized carbons (Fsp3) is 0.304. The molecule has 0 radical (unpaired) electrons. The van der Waals surface area contributed by atoms with Crippen LogP contribution in [0.3, 0.4) is 0 Å². The van der Waals surface area contributed by atoms with E-state index in [0.717, 1.165) is 53.9 Å². The van der Waals surface area contributed by atoms with Crippen molar-refractivity contribution in [1.82, 2.24) is 14.9 Å². The molecule has 2 N–H and O–H groups in total. The minimum absolute atomic E-state index is 0.130. The van der Waals surface area contributed by atoms with Gasteiger partial charge in [0.15, 0.2) is 0 Å². The third-order valence-corrected chi connectivity index (χ3v) is 5.39. The minimum atomic E-state index is -0.405. The Balaban J connectivity index is 1.75. The average molecular weight is 392 g/mol. The predicted octanol–water partition coefficient (Wildman–Crippen LogP) is 4.31. The molecular formula is C23H25FN4O. The van der Waals surface area contributed by atoms with Gasteiger partial charge in [0.05, 0.1) is 11.4 Å². The lowest BCUT2D eigenvalue weighted by Crippen LogP contribution is -2.35. The first kappa shape index (κ1) is 19.3. The minimum Gasteiger partial charge on any atom is -0.474 e. The smallest absolute Gasteiger partial charge is 0.214 e. The van der Waals surface area contributed by atoms with Crippen molar-refractivity contribution in [3.05, 3.63) is 60.2 Å². The van der Waals surface area contributed by atoms with Gasteiger partial charge >= 0.3 is 0 Å². The number of pyridine rings is 2. The Morgan fingerprint density at radius 2 is 1.79 bits per heavy atom. The largest absolute Gasteiger partial charge is 0.474 e. The van der Waals surface area contributed by atoms with Crippen LogP contribution in [0.4, 0.5) is 10.1 Å². The molecule has 150 valence electrons. The van der Waals surface area contributed by atoms with E-state index in [2.05, 4.69) is 16.9 Å². The first-order chi connectivity index (χ1) is 14.0. The van der Waals surface area contributed by atoms with Crippen LogP contribution < -0.4 is 10.5 Å². The standard InChI is InChI=1S/C23H25FN4O/c1-15-11-20(24)21(25)14-19(15)17-12-22(16-3-7-26-8-4-16)27-23(13-17)29-18-5-9-28(2)10-6-18/h3-4,7-8,11-14,18H,5-6,9-10,25H2,1-2H3. The third kappa shape index (κ3) is 4.38. The van der Waals surface area contributed by atoms with Crippen molar-refractivity contribution >= 4 is 5.69 Å². The summed E-state index contributed by atoms with van der Waals surface area (Å²) in [4.78, 5) is 11.1. The third-order valence-electron chi connectivity index (χ3n) is 5.39. The molecule has 0 spiro atoms. The van der Waals surface area contributed by atoms with Crippen molar-refractivity contribution in [3.63, 3.8) is 0 Å². The Kier molecular flexibility index (Phi) is 5.45. The van der Waals surface area contributed by atoms with E-state index in [-0.39, 0.29) is 11.8 Å². The summed E-state index contributed by atoms with van der Waals surface area (Å²) in [5.41, 5.74) is 10.3. The molecule has 5 nitrogen and oxygen atoms in total. The zero-order valence-electron chi connectivity index (χ0n) is 16.7. The first-order valence-electron chi connectivity index (χ1n) is 9.83. The number of aromatic nitrogens is 2. The summed E-state index contributed by atoms with van der Waals surface area (Å²) in [6.07, 6.45) is 5.55. The SMILES string of the molecule is Cc1cc(F)c(N)cc1-c1cc(OC2CCN(C)CC2)nc(-c2ccncc2)c1. The zero-order chi connectivity index (χ0) is 20.4. The van der Waals surface area contributed by atoms with Crippen molar-refractivity contribution in [2.24, 2.45) is 0 Å². The molecule has 1 aliphatic rings. The quantitative estimate of drug-likeness (QED) is 0.670. The highest BCUT2D eigenvalue weighted by molar-refractivity contribution is 5.75. The molecule has 1 aliphatic heterocycles. The number of nitrogens with zero attached hydrogens (tertiary/aromatic N) is 3. The number of rotatable bonds is 4. The molecule has 0 bridgehead atoms. The van der Waals surface area contributed by atoms with Crippen LogP contribution in [-0.4, -0.2) is 41.1 Å². The first-order valence-corrected chi connectivity index (χ1v) is 9.83. The number of aryl methyl sites for hydroxylation is 1. The second kappa shape index (κ2) is 8.17. The van der Waals surface area contributed by atoms with Crippen molar-refractivity contribution in [2.75, 3.05) is 25.9 Å². The number of ether oxygens (including phenoxy) is 1. The van der Waals surface area contributed by atoms with E-state index >= 15 is 0 Å². The molecule has 2 aromatic heterocycles. The number of piperidine rings is 1. The van der Waals surface area contributed by atoms with Crippen molar-refractivity contribution < 1.29 is 9.13 Å². The number of nitrogen functional groups attached to an aromatic ring is 1. The lowest BCUT2D eigenvalue weighted by molar-refractivity contribution is 0.110.